The van der Waals surface area contributed by atoms with E-state index < -0.39 is 12.3 Å². The van der Waals surface area contributed by atoms with Gasteiger partial charge in [-0.25, -0.2) is 4.79 Å². The Hall–Kier alpha value is -1.86. The van der Waals surface area contributed by atoms with Gasteiger partial charge in [-0.15, -0.1) is 0 Å². The molecule has 0 bridgehead atoms. The third-order valence-corrected chi connectivity index (χ3v) is 3.10. The molecule has 21 heavy (non-hydrogen) atoms. The highest BCUT2D eigenvalue weighted by Crippen LogP contribution is 2.18. The number of nitrogens with one attached hydrogen (secondary N) is 2. The van der Waals surface area contributed by atoms with Gasteiger partial charge in [0.25, 0.3) is 5.91 Å². The number of aromatic nitrogens is 1. The third-order valence-electron chi connectivity index (χ3n) is 3.10. The Balaban J connectivity index is 2.88. The second kappa shape index (κ2) is 7.80. The lowest BCUT2D eigenvalue weighted by Gasteiger charge is -2.14. The first-order valence-corrected chi connectivity index (χ1v) is 6.66. The topological polar surface area (TPSA) is 89.7 Å². The van der Waals surface area contributed by atoms with Gasteiger partial charge in [0.15, 0.2) is 6.29 Å². The van der Waals surface area contributed by atoms with Crippen LogP contribution >= 0.6 is 0 Å². The lowest BCUT2D eigenvalue weighted by molar-refractivity contribution is -0.0974. The lowest BCUT2D eigenvalue weighted by Crippen LogP contribution is -2.34. The van der Waals surface area contributed by atoms with Gasteiger partial charge in [0, 0.05) is 19.9 Å². The van der Waals surface area contributed by atoms with Crippen LogP contribution in [0.5, 0.6) is 0 Å². The van der Waals surface area contributed by atoms with E-state index in [1.54, 1.807) is 20.8 Å². The first-order valence-electron chi connectivity index (χ1n) is 6.66. The number of carbonyl (C=O) groups is 2. The monoisotopic (exact) mass is 298 g/mol. The number of ether oxygens (including phenoxy) is 3. The maximum atomic E-state index is 12.2. The Morgan fingerprint density at radius 2 is 1.86 bits per heavy atom. The molecule has 0 fully saturated rings. The molecule has 0 atom stereocenters. The molecule has 1 aromatic rings. The molecule has 0 spiro atoms. The molecule has 7 nitrogen and oxygen atoms in total. The minimum atomic E-state index is -0.516. The van der Waals surface area contributed by atoms with Crippen molar-refractivity contribution in [1.29, 1.82) is 0 Å². The molecule has 0 aliphatic carbocycles. The number of carbonyl (C=O) groups excluding carboxylic acids is 2. The number of methoxy groups -OCH3 is 2. The summed E-state index contributed by atoms with van der Waals surface area (Å²) in [5.41, 5.74) is 1.91. The van der Waals surface area contributed by atoms with Crippen LogP contribution in [0.3, 0.4) is 0 Å². The maximum absolute atomic E-state index is 12.2. The number of hydrogen-bond acceptors (Lipinski definition) is 5. The number of hydrogen-bond donors (Lipinski definition) is 2. The maximum Gasteiger partial charge on any atom is 0.355 e. The van der Waals surface area contributed by atoms with Crippen LogP contribution in [0, 0.1) is 13.8 Å². The molecule has 2 N–H and O–H groups in total. The molecule has 0 aromatic carbocycles. The van der Waals surface area contributed by atoms with E-state index in [1.165, 1.54) is 14.2 Å². The van der Waals surface area contributed by atoms with E-state index in [0.29, 0.717) is 22.5 Å². The summed E-state index contributed by atoms with van der Waals surface area (Å²) in [6, 6.07) is 0. The van der Waals surface area contributed by atoms with Gasteiger partial charge >= 0.3 is 5.97 Å². The number of aromatic amines is 1. The van der Waals surface area contributed by atoms with E-state index in [4.69, 9.17) is 14.2 Å². The summed E-state index contributed by atoms with van der Waals surface area (Å²) in [5.74, 6) is -0.764. The van der Waals surface area contributed by atoms with Crippen molar-refractivity contribution in [2.45, 2.75) is 27.1 Å². The van der Waals surface area contributed by atoms with Crippen molar-refractivity contribution in [2.75, 3.05) is 27.4 Å². The summed E-state index contributed by atoms with van der Waals surface area (Å²) in [7, 11) is 2.98. The Morgan fingerprint density at radius 1 is 1.24 bits per heavy atom. The van der Waals surface area contributed by atoms with Crippen LogP contribution in [0.1, 0.15) is 39.0 Å². The minimum Gasteiger partial charge on any atom is -0.461 e. The van der Waals surface area contributed by atoms with Crippen LogP contribution in [0.25, 0.3) is 0 Å². The number of aryl methyl sites for hydroxylation is 1. The summed E-state index contributed by atoms with van der Waals surface area (Å²) in [6.45, 7) is 5.65. The van der Waals surface area contributed by atoms with Gasteiger partial charge in [-0.3, -0.25) is 4.79 Å². The summed E-state index contributed by atoms with van der Waals surface area (Å²) in [6.07, 6.45) is -0.516. The SMILES string of the molecule is CCOC(=O)c1[nH]c(C)c(C(=O)NCC(OC)OC)c1C. The first-order chi connectivity index (χ1) is 9.96. The molecular weight excluding hydrogens is 276 g/mol. The molecule has 7 heteroatoms. The fraction of sp³-hybridized carbons (Fsp3) is 0.571. The fourth-order valence-electron chi connectivity index (χ4n) is 2.03. The average Bonchev–Trinajstić information content (AvgIpc) is 2.75. The molecule has 1 aromatic heterocycles. The quantitative estimate of drug-likeness (QED) is 0.582. The molecule has 0 radical (unpaired) electrons. The van der Waals surface area contributed by atoms with Crippen molar-refractivity contribution in [3.8, 4) is 0 Å². The Bertz CT molecular complexity index is 506. The van der Waals surface area contributed by atoms with Gasteiger partial charge in [0.05, 0.1) is 18.7 Å². The summed E-state index contributed by atoms with van der Waals surface area (Å²) in [5, 5.41) is 2.71. The molecule has 1 heterocycles. The van der Waals surface area contributed by atoms with Crippen molar-refractivity contribution in [2.24, 2.45) is 0 Å². The predicted octanol–water partition coefficient (Wildman–Crippen LogP) is 1.16. The molecule has 1 rings (SSSR count). The minimum absolute atomic E-state index is 0.213. The zero-order valence-electron chi connectivity index (χ0n) is 13.0. The van der Waals surface area contributed by atoms with Crippen molar-refractivity contribution >= 4 is 11.9 Å². The molecule has 0 saturated heterocycles. The Labute approximate surface area is 124 Å². The van der Waals surface area contributed by atoms with E-state index in [0.717, 1.165) is 0 Å². The Morgan fingerprint density at radius 3 is 2.38 bits per heavy atom. The van der Waals surface area contributed by atoms with Crippen LogP contribution in [0.2, 0.25) is 0 Å². The van der Waals surface area contributed by atoms with E-state index >= 15 is 0 Å². The van der Waals surface area contributed by atoms with Crippen molar-refractivity contribution in [3.05, 3.63) is 22.5 Å². The van der Waals surface area contributed by atoms with Crippen molar-refractivity contribution in [3.63, 3.8) is 0 Å². The smallest absolute Gasteiger partial charge is 0.355 e. The van der Waals surface area contributed by atoms with Crippen LogP contribution in [-0.4, -0.2) is 50.5 Å². The van der Waals surface area contributed by atoms with Crippen LogP contribution in [-0.2, 0) is 14.2 Å². The summed E-state index contributed by atoms with van der Waals surface area (Å²) >= 11 is 0. The fourth-order valence-corrected chi connectivity index (χ4v) is 2.03. The van der Waals surface area contributed by atoms with E-state index in [9.17, 15) is 9.59 Å². The van der Waals surface area contributed by atoms with Gasteiger partial charge < -0.3 is 24.5 Å². The average molecular weight is 298 g/mol. The highest BCUT2D eigenvalue weighted by molar-refractivity contribution is 6.01. The molecule has 118 valence electrons. The zero-order chi connectivity index (χ0) is 16.0. The molecule has 1 amide bonds. The summed E-state index contributed by atoms with van der Waals surface area (Å²) < 4.78 is 15.0. The van der Waals surface area contributed by atoms with Crippen molar-refractivity contribution < 1.29 is 23.8 Å². The number of esters is 1. The second-order valence-corrected chi connectivity index (χ2v) is 4.46. The van der Waals surface area contributed by atoms with Gasteiger partial charge in [-0.2, -0.15) is 0 Å². The number of rotatable bonds is 7. The molecular formula is C14H22N2O5. The van der Waals surface area contributed by atoms with Gasteiger partial charge in [-0.1, -0.05) is 0 Å². The van der Waals surface area contributed by atoms with E-state index in [1.807, 2.05) is 0 Å². The van der Waals surface area contributed by atoms with Gasteiger partial charge in [-0.05, 0) is 26.3 Å². The molecule has 0 aliphatic rings. The number of H-pyrrole nitrogens is 1. The van der Waals surface area contributed by atoms with Crippen LogP contribution in [0.15, 0.2) is 0 Å². The molecule has 0 unspecified atom stereocenters. The highest BCUT2D eigenvalue weighted by Gasteiger charge is 2.23. The first kappa shape index (κ1) is 17.2. The normalized spacial score (nSPS) is 10.8. The Kier molecular flexibility index (Phi) is 6.39. The lowest BCUT2D eigenvalue weighted by atomic mass is 10.1. The highest BCUT2D eigenvalue weighted by atomic mass is 16.7. The largest absolute Gasteiger partial charge is 0.461 e. The van der Waals surface area contributed by atoms with Gasteiger partial charge in [0.2, 0.25) is 0 Å². The predicted molar refractivity (Wildman–Crippen MR) is 76.4 cm³/mol. The van der Waals surface area contributed by atoms with Crippen molar-refractivity contribution in [1.82, 2.24) is 10.3 Å². The molecule has 0 saturated carbocycles. The van der Waals surface area contributed by atoms with E-state index in [-0.39, 0.29) is 19.1 Å². The number of amides is 1. The van der Waals surface area contributed by atoms with Gasteiger partial charge in [0.1, 0.15) is 5.69 Å². The molecule has 0 aliphatic heterocycles. The van der Waals surface area contributed by atoms with E-state index in [2.05, 4.69) is 10.3 Å². The summed E-state index contributed by atoms with van der Waals surface area (Å²) in [4.78, 5) is 26.9. The van der Waals surface area contributed by atoms with Crippen LogP contribution < -0.4 is 5.32 Å². The third kappa shape index (κ3) is 4.05. The standard InChI is InChI=1S/C14H22N2O5/c1-6-21-14(18)12-8(2)11(9(3)16-12)13(17)15-7-10(19-4)20-5/h10,16H,6-7H2,1-5H3,(H,15,17). The zero-order valence-corrected chi connectivity index (χ0v) is 13.0. The van der Waals surface area contributed by atoms with Crippen LogP contribution in [0.4, 0.5) is 0 Å². The second-order valence-electron chi connectivity index (χ2n) is 4.46.